The molecule has 1 aliphatic carbocycles. The predicted octanol–water partition coefficient (Wildman–Crippen LogP) is 1.84. The lowest BCUT2D eigenvalue weighted by Crippen LogP contribution is -2.22. The van der Waals surface area contributed by atoms with Crippen molar-refractivity contribution < 1.29 is 5.11 Å². The topological polar surface area (TPSA) is 44.0 Å². The summed E-state index contributed by atoms with van der Waals surface area (Å²) in [7, 11) is 0. The fraction of sp³-hybridized carbons (Fsp3) is 0.889. The molecule has 1 saturated carbocycles. The van der Waals surface area contributed by atoms with Gasteiger partial charge in [0.25, 0.3) is 0 Å². The number of hydrogen-bond acceptors (Lipinski definition) is 2. The predicted molar refractivity (Wildman–Crippen MR) is 42.8 cm³/mol. The third-order valence-corrected chi connectivity index (χ3v) is 2.49. The highest BCUT2D eigenvalue weighted by atomic mass is 16.3. The molecule has 0 amide bonds. The van der Waals surface area contributed by atoms with Crippen LogP contribution in [0.4, 0.5) is 0 Å². The highest BCUT2D eigenvalue weighted by Crippen LogP contribution is 2.27. The Hall–Kier alpha value is -0.550. The van der Waals surface area contributed by atoms with E-state index in [2.05, 4.69) is 0 Å². The highest BCUT2D eigenvalue weighted by Gasteiger charge is 2.20. The maximum absolute atomic E-state index is 9.45. The first kappa shape index (κ1) is 8.55. The van der Waals surface area contributed by atoms with Crippen molar-refractivity contribution in [2.45, 2.75) is 44.6 Å². The van der Waals surface area contributed by atoms with Crippen LogP contribution in [0.1, 0.15) is 38.5 Å². The molecule has 0 bridgehead atoms. The number of nitrogens with zero attached hydrogens (tertiary/aromatic N) is 1. The Balaban J connectivity index is 2.27. The number of aliphatic hydroxyl groups excluding tert-OH is 1. The zero-order valence-corrected chi connectivity index (χ0v) is 6.79. The van der Waals surface area contributed by atoms with E-state index in [9.17, 15) is 5.11 Å². The van der Waals surface area contributed by atoms with Crippen molar-refractivity contribution in [3.8, 4) is 6.07 Å². The van der Waals surface area contributed by atoms with Gasteiger partial charge in [0.15, 0.2) is 0 Å². The Kier molecular flexibility index (Phi) is 3.38. The first-order chi connectivity index (χ1) is 5.34. The van der Waals surface area contributed by atoms with Gasteiger partial charge >= 0.3 is 0 Å². The van der Waals surface area contributed by atoms with Crippen molar-refractivity contribution in [2.75, 3.05) is 0 Å². The molecule has 1 rings (SSSR count). The zero-order chi connectivity index (χ0) is 8.10. The summed E-state index contributed by atoms with van der Waals surface area (Å²) in [5.41, 5.74) is 0. The summed E-state index contributed by atoms with van der Waals surface area (Å²) in [4.78, 5) is 0. The molecule has 1 atom stereocenters. The molecular weight excluding hydrogens is 138 g/mol. The second kappa shape index (κ2) is 4.35. The number of hydrogen-bond donors (Lipinski definition) is 1. The van der Waals surface area contributed by atoms with Gasteiger partial charge in [-0.3, -0.25) is 0 Å². The zero-order valence-electron chi connectivity index (χ0n) is 6.79. The third kappa shape index (κ3) is 2.51. The standard InChI is InChI=1S/C9H15NO/c10-7-6-9(11)8-4-2-1-3-5-8/h8-9,11H,1-6H2/t9-/m0/s1. The highest BCUT2D eigenvalue weighted by molar-refractivity contribution is 4.81. The van der Waals surface area contributed by atoms with Gasteiger partial charge < -0.3 is 5.11 Å². The molecule has 0 aromatic rings. The lowest BCUT2D eigenvalue weighted by Gasteiger charge is -2.24. The minimum atomic E-state index is -0.361. The Morgan fingerprint density at radius 3 is 2.55 bits per heavy atom. The molecule has 0 aromatic carbocycles. The largest absolute Gasteiger partial charge is 0.392 e. The Labute approximate surface area is 67.8 Å². The van der Waals surface area contributed by atoms with Gasteiger partial charge in [-0.2, -0.15) is 5.26 Å². The first-order valence-electron chi connectivity index (χ1n) is 4.39. The second-order valence-electron chi connectivity index (χ2n) is 3.33. The molecule has 1 fully saturated rings. The fourth-order valence-electron chi connectivity index (χ4n) is 1.78. The van der Waals surface area contributed by atoms with Crippen molar-refractivity contribution in [3.05, 3.63) is 0 Å². The molecule has 62 valence electrons. The maximum atomic E-state index is 9.45. The molecule has 2 nitrogen and oxygen atoms in total. The average Bonchev–Trinajstić information content (AvgIpc) is 2.07. The van der Waals surface area contributed by atoms with E-state index in [-0.39, 0.29) is 6.10 Å². The maximum Gasteiger partial charge on any atom is 0.0698 e. The molecule has 1 N–H and O–H groups in total. The summed E-state index contributed by atoms with van der Waals surface area (Å²) in [5, 5.41) is 17.8. The van der Waals surface area contributed by atoms with E-state index >= 15 is 0 Å². The Morgan fingerprint density at radius 2 is 2.00 bits per heavy atom. The molecule has 0 saturated heterocycles. The van der Waals surface area contributed by atoms with Gasteiger partial charge in [0, 0.05) is 0 Å². The van der Waals surface area contributed by atoms with Crippen LogP contribution in [0.2, 0.25) is 0 Å². The van der Waals surface area contributed by atoms with Crippen LogP contribution in [0, 0.1) is 17.2 Å². The van der Waals surface area contributed by atoms with Gasteiger partial charge in [-0.15, -0.1) is 0 Å². The molecule has 11 heavy (non-hydrogen) atoms. The first-order valence-corrected chi connectivity index (χ1v) is 4.39. The van der Waals surface area contributed by atoms with E-state index in [1.54, 1.807) is 0 Å². The minimum Gasteiger partial charge on any atom is -0.392 e. The number of aliphatic hydroxyl groups is 1. The van der Waals surface area contributed by atoms with Crippen LogP contribution in [0.15, 0.2) is 0 Å². The Bertz CT molecular complexity index is 144. The molecular formula is C9H15NO. The van der Waals surface area contributed by atoms with Gasteiger partial charge in [0.05, 0.1) is 18.6 Å². The van der Waals surface area contributed by atoms with E-state index in [1.807, 2.05) is 6.07 Å². The minimum absolute atomic E-state index is 0.310. The van der Waals surface area contributed by atoms with Crippen LogP contribution in [0.3, 0.4) is 0 Å². The molecule has 1 aliphatic rings. The normalized spacial score (nSPS) is 22.5. The number of rotatable bonds is 2. The molecule has 0 unspecified atom stereocenters. The smallest absolute Gasteiger partial charge is 0.0698 e. The molecule has 0 radical (unpaired) electrons. The number of nitriles is 1. The van der Waals surface area contributed by atoms with Gasteiger partial charge in [0.2, 0.25) is 0 Å². The van der Waals surface area contributed by atoms with E-state index in [0.717, 1.165) is 12.8 Å². The lowest BCUT2D eigenvalue weighted by atomic mass is 9.84. The molecule has 0 heterocycles. The third-order valence-electron chi connectivity index (χ3n) is 2.49. The van der Waals surface area contributed by atoms with Gasteiger partial charge in [0.1, 0.15) is 0 Å². The van der Waals surface area contributed by atoms with Gasteiger partial charge in [-0.1, -0.05) is 19.3 Å². The van der Waals surface area contributed by atoms with Crippen LogP contribution in [-0.2, 0) is 0 Å². The van der Waals surface area contributed by atoms with Crippen molar-refractivity contribution in [2.24, 2.45) is 5.92 Å². The fourth-order valence-corrected chi connectivity index (χ4v) is 1.78. The van der Waals surface area contributed by atoms with E-state index in [1.165, 1.54) is 19.3 Å². The van der Waals surface area contributed by atoms with Gasteiger partial charge in [-0.25, -0.2) is 0 Å². The van der Waals surface area contributed by atoms with Crippen LogP contribution in [0.5, 0.6) is 0 Å². The summed E-state index contributed by atoms with van der Waals surface area (Å²) < 4.78 is 0. The van der Waals surface area contributed by atoms with E-state index in [0.29, 0.717) is 12.3 Å². The Morgan fingerprint density at radius 1 is 1.36 bits per heavy atom. The van der Waals surface area contributed by atoms with E-state index in [4.69, 9.17) is 5.26 Å². The van der Waals surface area contributed by atoms with Crippen LogP contribution < -0.4 is 0 Å². The molecule has 0 aromatic heterocycles. The summed E-state index contributed by atoms with van der Waals surface area (Å²) >= 11 is 0. The summed E-state index contributed by atoms with van der Waals surface area (Å²) in [5.74, 6) is 0.406. The van der Waals surface area contributed by atoms with Crippen molar-refractivity contribution in [1.29, 1.82) is 5.26 Å². The van der Waals surface area contributed by atoms with Crippen LogP contribution in [0.25, 0.3) is 0 Å². The summed E-state index contributed by atoms with van der Waals surface area (Å²) in [6.07, 6.45) is 5.94. The van der Waals surface area contributed by atoms with Gasteiger partial charge in [-0.05, 0) is 18.8 Å². The lowest BCUT2D eigenvalue weighted by molar-refractivity contribution is 0.0888. The molecule has 0 aliphatic heterocycles. The second-order valence-corrected chi connectivity index (χ2v) is 3.33. The van der Waals surface area contributed by atoms with Crippen molar-refractivity contribution in [3.63, 3.8) is 0 Å². The average molecular weight is 153 g/mol. The van der Waals surface area contributed by atoms with Crippen LogP contribution in [-0.4, -0.2) is 11.2 Å². The SMILES string of the molecule is N#CC[C@H](O)C1CCCCC1. The quantitative estimate of drug-likeness (QED) is 0.657. The summed E-state index contributed by atoms with van der Waals surface area (Å²) in [6, 6.07) is 2.01. The van der Waals surface area contributed by atoms with Crippen molar-refractivity contribution >= 4 is 0 Å². The van der Waals surface area contributed by atoms with Crippen molar-refractivity contribution in [1.82, 2.24) is 0 Å². The molecule has 0 spiro atoms. The molecule has 2 heteroatoms. The van der Waals surface area contributed by atoms with Crippen LogP contribution >= 0.6 is 0 Å². The van der Waals surface area contributed by atoms with E-state index < -0.39 is 0 Å². The monoisotopic (exact) mass is 153 g/mol. The summed E-state index contributed by atoms with van der Waals surface area (Å²) in [6.45, 7) is 0.